The highest BCUT2D eigenvalue weighted by atomic mass is 32.1. The van der Waals surface area contributed by atoms with Crippen molar-refractivity contribution in [2.45, 2.75) is 0 Å². The first-order valence-electron chi connectivity index (χ1n) is 5.77. The lowest BCUT2D eigenvalue weighted by atomic mass is 10.1. The third-order valence-corrected chi connectivity index (χ3v) is 3.78. The van der Waals surface area contributed by atoms with Gasteiger partial charge in [0, 0.05) is 23.2 Å². The summed E-state index contributed by atoms with van der Waals surface area (Å²) in [6.07, 6.45) is 3.76. The van der Waals surface area contributed by atoms with Crippen molar-refractivity contribution < 1.29 is 4.42 Å². The molecule has 0 N–H and O–H groups in total. The molecule has 4 aromatic rings. The quantitative estimate of drug-likeness (QED) is 0.498. The summed E-state index contributed by atoms with van der Waals surface area (Å²) in [5.41, 5.74) is 1.38. The Morgan fingerprint density at radius 1 is 1.26 bits per heavy atom. The van der Waals surface area contributed by atoms with Gasteiger partial charge in [0.2, 0.25) is 0 Å². The molecule has 5 heteroatoms. The van der Waals surface area contributed by atoms with E-state index >= 15 is 0 Å². The van der Waals surface area contributed by atoms with Gasteiger partial charge in [0.05, 0.1) is 11.3 Å². The van der Waals surface area contributed by atoms with Gasteiger partial charge in [-0.2, -0.15) is 0 Å². The fourth-order valence-corrected chi connectivity index (χ4v) is 2.80. The lowest BCUT2D eigenvalue weighted by Crippen LogP contribution is -2.02. The largest absolute Gasteiger partial charge is 0.422 e. The Balaban J connectivity index is 2.01. The Labute approximate surface area is 111 Å². The summed E-state index contributed by atoms with van der Waals surface area (Å²) in [6.45, 7) is 0. The minimum Gasteiger partial charge on any atom is -0.422 e. The Kier molecular flexibility index (Phi) is 2.10. The molecule has 3 heterocycles. The summed E-state index contributed by atoms with van der Waals surface area (Å²) < 4.78 is 7.22. The number of rotatable bonds is 1. The number of hydrogen-bond donors (Lipinski definition) is 0. The summed E-state index contributed by atoms with van der Waals surface area (Å²) in [5.74, 6) is 0. The minimum absolute atomic E-state index is 0.357. The molecule has 0 aliphatic heterocycles. The summed E-state index contributed by atoms with van der Waals surface area (Å²) in [4.78, 5) is 17.3. The van der Waals surface area contributed by atoms with E-state index in [1.807, 2.05) is 46.4 Å². The Hall–Kier alpha value is -2.40. The van der Waals surface area contributed by atoms with Crippen LogP contribution in [0, 0.1) is 0 Å². The summed E-state index contributed by atoms with van der Waals surface area (Å²) in [7, 11) is 0. The second kappa shape index (κ2) is 3.80. The topological polar surface area (TPSA) is 47.5 Å². The van der Waals surface area contributed by atoms with Crippen LogP contribution in [0.1, 0.15) is 0 Å². The maximum Gasteiger partial charge on any atom is 0.345 e. The lowest BCUT2D eigenvalue weighted by molar-refractivity contribution is 0.563. The van der Waals surface area contributed by atoms with Crippen LogP contribution in [0.2, 0.25) is 0 Å². The molecule has 0 unspecified atom stereocenters. The van der Waals surface area contributed by atoms with E-state index in [0.29, 0.717) is 16.8 Å². The number of aromatic nitrogens is 2. The van der Waals surface area contributed by atoms with Gasteiger partial charge in [-0.05, 0) is 12.1 Å². The van der Waals surface area contributed by atoms with Crippen LogP contribution in [0.25, 0.3) is 27.2 Å². The van der Waals surface area contributed by atoms with E-state index < -0.39 is 0 Å². The van der Waals surface area contributed by atoms with Crippen LogP contribution in [0.3, 0.4) is 0 Å². The maximum absolute atomic E-state index is 12.0. The third-order valence-electron chi connectivity index (χ3n) is 3.01. The van der Waals surface area contributed by atoms with Crippen molar-refractivity contribution in [3.8, 4) is 11.3 Å². The molecular weight excluding hydrogens is 260 g/mol. The van der Waals surface area contributed by atoms with Crippen molar-refractivity contribution in [2.24, 2.45) is 0 Å². The molecule has 0 bridgehead atoms. The predicted octanol–water partition coefficient (Wildman–Crippen LogP) is 3.17. The van der Waals surface area contributed by atoms with Crippen LogP contribution in [-0.2, 0) is 0 Å². The third kappa shape index (κ3) is 1.59. The highest BCUT2D eigenvalue weighted by molar-refractivity contribution is 7.15. The van der Waals surface area contributed by atoms with E-state index in [1.165, 1.54) is 11.3 Å². The summed E-state index contributed by atoms with van der Waals surface area (Å²) in [6, 6.07) is 9.29. The number of para-hydroxylation sites is 1. The van der Waals surface area contributed by atoms with E-state index in [9.17, 15) is 4.79 Å². The molecule has 4 rings (SSSR count). The normalized spacial score (nSPS) is 11.4. The van der Waals surface area contributed by atoms with E-state index in [2.05, 4.69) is 4.98 Å². The van der Waals surface area contributed by atoms with Crippen LogP contribution >= 0.6 is 11.3 Å². The highest BCUT2D eigenvalue weighted by Crippen LogP contribution is 2.22. The van der Waals surface area contributed by atoms with Gasteiger partial charge in [0.25, 0.3) is 0 Å². The van der Waals surface area contributed by atoms with Gasteiger partial charge in [-0.15, -0.1) is 11.3 Å². The molecule has 4 nitrogen and oxygen atoms in total. The van der Waals surface area contributed by atoms with Crippen molar-refractivity contribution in [1.82, 2.24) is 9.38 Å². The van der Waals surface area contributed by atoms with Crippen molar-refractivity contribution in [3.05, 3.63) is 58.5 Å². The molecule has 0 spiro atoms. The van der Waals surface area contributed by atoms with Crippen LogP contribution in [0.15, 0.2) is 57.3 Å². The van der Waals surface area contributed by atoms with E-state index in [0.717, 1.165) is 10.3 Å². The fraction of sp³-hybridized carbons (Fsp3) is 0. The number of imidazole rings is 1. The molecule has 92 valence electrons. The zero-order valence-corrected chi connectivity index (χ0v) is 10.6. The smallest absolute Gasteiger partial charge is 0.345 e. The average molecular weight is 268 g/mol. The summed E-state index contributed by atoms with van der Waals surface area (Å²) >= 11 is 1.53. The fourth-order valence-electron chi connectivity index (χ4n) is 2.10. The molecule has 1 aromatic carbocycles. The molecule has 0 radical (unpaired) electrons. The van der Waals surface area contributed by atoms with Crippen molar-refractivity contribution >= 4 is 27.3 Å². The molecule has 0 amide bonds. The first-order valence-corrected chi connectivity index (χ1v) is 6.65. The van der Waals surface area contributed by atoms with Crippen LogP contribution in [0.5, 0.6) is 0 Å². The molecule has 0 saturated carbocycles. The molecule has 0 aliphatic carbocycles. The van der Waals surface area contributed by atoms with E-state index in [1.54, 1.807) is 6.07 Å². The number of hydrogen-bond acceptors (Lipinski definition) is 4. The standard InChI is InChI=1S/C14H8N2O2S/c17-13-10(7-9-3-1-2-4-12(9)18-13)11-8-16-5-6-19-14(16)15-11/h1-8H. The monoisotopic (exact) mass is 268 g/mol. The number of nitrogens with zero attached hydrogens (tertiary/aromatic N) is 2. The molecule has 0 fully saturated rings. The van der Waals surface area contributed by atoms with Crippen LogP contribution in [-0.4, -0.2) is 9.38 Å². The zero-order chi connectivity index (χ0) is 12.8. The minimum atomic E-state index is -0.357. The van der Waals surface area contributed by atoms with Crippen molar-refractivity contribution in [1.29, 1.82) is 0 Å². The molecular formula is C14H8N2O2S. The van der Waals surface area contributed by atoms with Gasteiger partial charge in [-0.1, -0.05) is 18.2 Å². The van der Waals surface area contributed by atoms with Crippen LogP contribution < -0.4 is 5.63 Å². The summed E-state index contributed by atoms with van der Waals surface area (Å²) in [5, 5.41) is 2.85. The van der Waals surface area contributed by atoms with E-state index in [-0.39, 0.29) is 5.63 Å². The number of benzene rings is 1. The van der Waals surface area contributed by atoms with Crippen LogP contribution in [0.4, 0.5) is 0 Å². The van der Waals surface area contributed by atoms with Crippen molar-refractivity contribution in [2.75, 3.05) is 0 Å². The van der Waals surface area contributed by atoms with Crippen molar-refractivity contribution in [3.63, 3.8) is 0 Å². The van der Waals surface area contributed by atoms with Gasteiger partial charge in [-0.25, -0.2) is 9.78 Å². The molecule has 0 atom stereocenters. The van der Waals surface area contributed by atoms with E-state index in [4.69, 9.17) is 4.42 Å². The Morgan fingerprint density at radius 3 is 3.05 bits per heavy atom. The molecule has 0 aliphatic rings. The second-order valence-electron chi connectivity index (χ2n) is 4.20. The predicted molar refractivity (Wildman–Crippen MR) is 74.5 cm³/mol. The second-order valence-corrected chi connectivity index (χ2v) is 5.08. The van der Waals surface area contributed by atoms with Gasteiger partial charge >= 0.3 is 5.63 Å². The van der Waals surface area contributed by atoms with Gasteiger partial charge in [0.15, 0.2) is 4.96 Å². The zero-order valence-electron chi connectivity index (χ0n) is 9.74. The molecule has 0 saturated heterocycles. The molecule has 19 heavy (non-hydrogen) atoms. The number of thiazole rings is 1. The Morgan fingerprint density at radius 2 is 2.16 bits per heavy atom. The SMILES string of the molecule is O=c1oc2ccccc2cc1-c1cn2ccsc2n1. The van der Waals surface area contributed by atoms with Gasteiger partial charge < -0.3 is 4.42 Å². The lowest BCUT2D eigenvalue weighted by Gasteiger charge is -1.98. The maximum atomic E-state index is 12.0. The van der Waals surface area contributed by atoms with Gasteiger partial charge in [-0.3, -0.25) is 4.40 Å². The first-order chi connectivity index (χ1) is 9.31. The average Bonchev–Trinajstić information content (AvgIpc) is 2.98. The highest BCUT2D eigenvalue weighted by Gasteiger charge is 2.11. The first kappa shape index (κ1) is 10.5. The molecule has 3 aromatic heterocycles. The number of fused-ring (bicyclic) bond motifs is 2. The Bertz CT molecular complexity index is 920. The van der Waals surface area contributed by atoms with Gasteiger partial charge in [0.1, 0.15) is 5.58 Å².